The van der Waals surface area contributed by atoms with E-state index in [0.29, 0.717) is 22.8 Å². The van der Waals surface area contributed by atoms with Crippen molar-refractivity contribution in [1.82, 2.24) is 14.9 Å². The standard InChI is InChI=1S/C10H15BrN4O/c11-8-9(12)13-7-14-10(8)16-6-5-15-3-1-2-4-15/h7H,1-6H2,(H2,12,13,14). The molecular weight excluding hydrogens is 272 g/mol. The Bertz CT molecular complexity index is 355. The van der Waals surface area contributed by atoms with Gasteiger partial charge in [0.05, 0.1) is 0 Å². The number of nitrogen functional groups attached to an aromatic ring is 1. The van der Waals surface area contributed by atoms with Gasteiger partial charge in [0, 0.05) is 6.54 Å². The Hall–Kier alpha value is -0.880. The number of aromatic nitrogens is 2. The monoisotopic (exact) mass is 286 g/mol. The summed E-state index contributed by atoms with van der Waals surface area (Å²) < 4.78 is 6.20. The average Bonchev–Trinajstić information content (AvgIpc) is 2.77. The molecule has 0 aliphatic carbocycles. The number of ether oxygens (including phenoxy) is 1. The molecule has 0 bridgehead atoms. The number of nitrogens with zero attached hydrogens (tertiary/aromatic N) is 3. The van der Waals surface area contributed by atoms with Gasteiger partial charge < -0.3 is 10.5 Å². The highest BCUT2D eigenvalue weighted by atomic mass is 79.9. The van der Waals surface area contributed by atoms with Crippen LogP contribution in [-0.4, -0.2) is 41.1 Å². The summed E-state index contributed by atoms with van der Waals surface area (Å²) in [5.41, 5.74) is 5.63. The van der Waals surface area contributed by atoms with Crippen LogP contribution >= 0.6 is 15.9 Å². The fourth-order valence-electron chi connectivity index (χ4n) is 1.74. The van der Waals surface area contributed by atoms with Crippen LogP contribution in [0.4, 0.5) is 5.82 Å². The second-order valence-electron chi connectivity index (χ2n) is 3.78. The third-order valence-electron chi connectivity index (χ3n) is 2.63. The topological polar surface area (TPSA) is 64.3 Å². The van der Waals surface area contributed by atoms with Gasteiger partial charge in [-0.1, -0.05) is 0 Å². The Morgan fingerprint density at radius 3 is 2.88 bits per heavy atom. The van der Waals surface area contributed by atoms with E-state index in [1.54, 1.807) is 0 Å². The van der Waals surface area contributed by atoms with Crippen molar-refractivity contribution in [3.63, 3.8) is 0 Å². The molecule has 0 atom stereocenters. The van der Waals surface area contributed by atoms with Crippen LogP contribution in [0.25, 0.3) is 0 Å². The molecule has 1 fully saturated rings. The van der Waals surface area contributed by atoms with Crippen molar-refractivity contribution in [3.8, 4) is 5.88 Å². The van der Waals surface area contributed by atoms with Crippen LogP contribution in [0.15, 0.2) is 10.8 Å². The van der Waals surface area contributed by atoms with Gasteiger partial charge in [0.1, 0.15) is 23.2 Å². The molecule has 0 spiro atoms. The van der Waals surface area contributed by atoms with Gasteiger partial charge in [0.15, 0.2) is 0 Å². The molecule has 1 aromatic heterocycles. The zero-order valence-electron chi connectivity index (χ0n) is 9.03. The number of likely N-dealkylation sites (tertiary alicyclic amines) is 1. The second-order valence-corrected chi connectivity index (χ2v) is 4.57. The minimum atomic E-state index is 0.408. The van der Waals surface area contributed by atoms with E-state index in [1.165, 1.54) is 32.3 Å². The van der Waals surface area contributed by atoms with Crippen LogP contribution in [0.5, 0.6) is 5.88 Å². The molecule has 0 amide bonds. The van der Waals surface area contributed by atoms with Crippen LogP contribution < -0.4 is 10.5 Å². The van der Waals surface area contributed by atoms with E-state index < -0.39 is 0 Å². The van der Waals surface area contributed by atoms with Gasteiger partial charge in [-0.2, -0.15) is 0 Å². The average molecular weight is 287 g/mol. The zero-order valence-corrected chi connectivity index (χ0v) is 10.6. The summed E-state index contributed by atoms with van der Waals surface area (Å²) in [5, 5.41) is 0. The van der Waals surface area contributed by atoms with Crippen LogP contribution in [-0.2, 0) is 0 Å². The number of nitrogens with two attached hydrogens (primary N) is 1. The quantitative estimate of drug-likeness (QED) is 0.904. The molecule has 2 N–H and O–H groups in total. The van der Waals surface area contributed by atoms with Gasteiger partial charge in [-0.05, 0) is 41.9 Å². The van der Waals surface area contributed by atoms with Gasteiger partial charge in [-0.25, -0.2) is 9.97 Å². The van der Waals surface area contributed by atoms with E-state index in [9.17, 15) is 0 Å². The summed E-state index contributed by atoms with van der Waals surface area (Å²) in [5.74, 6) is 0.929. The largest absolute Gasteiger partial charge is 0.475 e. The molecule has 2 rings (SSSR count). The first kappa shape index (κ1) is 11.6. The maximum absolute atomic E-state index is 5.63. The zero-order chi connectivity index (χ0) is 11.4. The molecular formula is C10H15BrN4O. The summed E-state index contributed by atoms with van der Waals surface area (Å²) in [4.78, 5) is 10.3. The number of hydrogen-bond donors (Lipinski definition) is 1. The van der Waals surface area contributed by atoms with Gasteiger partial charge in [0.25, 0.3) is 0 Å². The summed E-state index contributed by atoms with van der Waals surface area (Å²) in [7, 11) is 0. The lowest BCUT2D eigenvalue weighted by Crippen LogP contribution is -2.25. The molecule has 0 aromatic carbocycles. The lowest BCUT2D eigenvalue weighted by atomic mass is 10.4. The number of halogens is 1. The van der Waals surface area contributed by atoms with Crippen molar-refractivity contribution in [2.24, 2.45) is 0 Å². The highest BCUT2D eigenvalue weighted by Gasteiger charge is 2.12. The Kier molecular flexibility index (Phi) is 3.95. The molecule has 6 heteroatoms. The lowest BCUT2D eigenvalue weighted by molar-refractivity contribution is 0.231. The van der Waals surface area contributed by atoms with Crippen molar-refractivity contribution >= 4 is 21.7 Å². The predicted octanol–water partition coefficient (Wildman–Crippen LogP) is 1.30. The molecule has 2 heterocycles. The third kappa shape index (κ3) is 2.82. The lowest BCUT2D eigenvalue weighted by Gasteiger charge is -2.14. The van der Waals surface area contributed by atoms with E-state index in [-0.39, 0.29) is 0 Å². The Morgan fingerprint density at radius 1 is 1.38 bits per heavy atom. The van der Waals surface area contributed by atoms with Crippen LogP contribution in [0.1, 0.15) is 12.8 Å². The van der Waals surface area contributed by atoms with Gasteiger partial charge >= 0.3 is 0 Å². The molecule has 1 aliphatic heterocycles. The fraction of sp³-hybridized carbons (Fsp3) is 0.600. The van der Waals surface area contributed by atoms with E-state index >= 15 is 0 Å². The van der Waals surface area contributed by atoms with E-state index in [0.717, 1.165) is 6.54 Å². The van der Waals surface area contributed by atoms with Gasteiger partial charge in [-0.15, -0.1) is 0 Å². The molecule has 0 unspecified atom stereocenters. The predicted molar refractivity (Wildman–Crippen MR) is 65.3 cm³/mol. The Morgan fingerprint density at radius 2 is 2.12 bits per heavy atom. The van der Waals surface area contributed by atoms with Crippen LogP contribution in [0.3, 0.4) is 0 Å². The molecule has 1 aliphatic rings. The first-order chi connectivity index (χ1) is 7.77. The summed E-state index contributed by atoms with van der Waals surface area (Å²) in [6.45, 7) is 3.93. The maximum Gasteiger partial charge on any atom is 0.233 e. The first-order valence-corrected chi connectivity index (χ1v) is 6.18. The number of rotatable bonds is 4. The molecule has 1 saturated heterocycles. The molecule has 0 radical (unpaired) electrons. The first-order valence-electron chi connectivity index (χ1n) is 5.38. The van der Waals surface area contributed by atoms with Gasteiger partial charge in [0.2, 0.25) is 5.88 Å². The molecule has 88 valence electrons. The Balaban J connectivity index is 1.82. The van der Waals surface area contributed by atoms with E-state index in [2.05, 4.69) is 30.8 Å². The molecule has 0 saturated carbocycles. The van der Waals surface area contributed by atoms with Crippen molar-refractivity contribution in [2.45, 2.75) is 12.8 Å². The van der Waals surface area contributed by atoms with E-state index in [1.807, 2.05) is 0 Å². The number of anilines is 1. The minimum absolute atomic E-state index is 0.408. The third-order valence-corrected chi connectivity index (χ3v) is 3.37. The summed E-state index contributed by atoms with van der Waals surface area (Å²) in [6.07, 6.45) is 4.00. The second kappa shape index (κ2) is 5.45. The number of hydrogen-bond acceptors (Lipinski definition) is 5. The SMILES string of the molecule is Nc1ncnc(OCCN2CCCC2)c1Br. The van der Waals surface area contributed by atoms with Crippen molar-refractivity contribution < 1.29 is 4.74 Å². The summed E-state index contributed by atoms with van der Waals surface area (Å²) >= 11 is 3.31. The Labute approximate surface area is 103 Å². The molecule has 16 heavy (non-hydrogen) atoms. The maximum atomic E-state index is 5.63. The highest BCUT2D eigenvalue weighted by Crippen LogP contribution is 2.25. The van der Waals surface area contributed by atoms with E-state index in [4.69, 9.17) is 10.5 Å². The minimum Gasteiger partial charge on any atom is -0.475 e. The van der Waals surface area contributed by atoms with Crippen molar-refractivity contribution in [2.75, 3.05) is 32.0 Å². The molecule has 1 aromatic rings. The van der Waals surface area contributed by atoms with Crippen LogP contribution in [0, 0.1) is 0 Å². The highest BCUT2D eigenvalue weighted by molar-refractivity contribution is 9.10. The smallest absolute Gasteiger partial charge is 0.233 e. The van der Waals surface area contributed by atoms with Crippen LogP contribution in [0.2, 0.25) is 0 Å². The van der Waals surface area contributed by atoms with Crippen molar-refractivity contribution in [3.05, 3.63) is 10.8 Å². The fourth-order valence-corrected chi connectivity index (χ4v) is 2.06. The van der Waals surface area contributed by atoms with Gasteiger partial charge in [-0.3, -0.25) is 4.90 Å². The summed E-state index contributed by atoms with van der Waals surface area (Å²) in [6, 6.07) is 0. The normalized spacial score (nSPS) is 16.6. The van der Waals surface area contributed by atoms with Crippen molar-refractivity contribution in [1.29, 1.82) is 0 Å². The molecule has 5 nitrogen and oxygen atoms in total.